The fraction of sp³-hybridized carbons (Fsp3) is 0.500. The minimum atomic E-state index is -0.300. The second kappa shape index (κ2) is 10.2. The number of hydrazine groups is 1. The summed E-state index contributed by atoms with van der Waals surface area (Å²) in [5, 5.41) is 3.74. The van der Waals surface area contributed by atoms with Crippen LogP contribution in [0.25, 0.3) is 6.08 Å². The van der Waals surface area contributed by atoms with Gasteiger partial charge in [-0.25, -0.2) is 0 Å². The molecule has 0 unspecified atom stereocenters. The topological polar surface area (TPSA) is 71.6 Å². The quantitative estimate of drug-likeness (QED) is 0.407. The predicted octanol–water partition coefficient (Wildman–Crippen LogP) is 3.04. The first-order valence-electron chi connectivity index (χ1n) is 9.20. The molecule has 1 aromatic carbocycles. The van der Waals surface area contributed by atoms with E-state index < -0.39 is 0 Å². The second-order valence-electron chi connectivity index (χ2n) is 6.94. The molecule has 7 heteroatoms. The normalized spacial score (nSPS) is 22.1. The highest BCUT2D eigenvalue weighted by Gasteiger charge is 2.27. The maximum absolute atomic E-state index is 12.0. The molecule has 1 saturated carbocycles. The zero-order valence-electron chi connectivity index (χ0n) is 16.4. The Morgan fingerprint density at radius 3 is 2.41 bits per heavy atom. The van der Waals surface area contributed by atoms with E-state index in [0.717, 1.165) is 12.0 Å². The van der Waals surface area contributed by atoms with E-state index in [-0.39, 0.29) is 5.91 Å². The van der Waals surface area contributed by atoms with Crippen molar-refractivity contribution in [3.05, 3.63) is 29.8 Å². The standard InChI is InChI=1S/C20H29N3O3S/c1-13-6-5-7-18(14(13)2)21-20(27)23-22-19(24)9-8-15-10-16(25-3)12-17(11-15)26-4/h8-14,18H,5-7H2,1-4H3,(H,22,24)(H2,21,23,27)/b9-8+/t13-,14-,18-/m1/s1. The van der Waals surface area contributed by atoms with Gasteiger partial charge in [-0.3, -0.25) is 15.6 Å². The summed E-state index contributed by atoms with van der Waals surface area (Å²) >= 11 is 5.29. The van der Waals surface area contributed by atoms with Crippen LogP contribution in [0.5, 0.6) is 11.5 Å². The Hall–Kier alpha value is -2.28. The lowest BCUT2D eigenvalue weighted by Crippen LogP contribution is -2.52. The van der Waals surface area contributed by atoms with Gasteiger partial charge in [0.25, 0.3) is 5.91 Å². The largest absolute Gasteiger partial charge is 0.497 e. The highest BCUT2D eigenvalue weighted by Crippen LogP contribution is 2.29. The number of ether oxygens (including phenoxy) is 2. The van der Waals surface area contributed by atoms with Gasteiger partial charge in [0.1, 0.15) is 11.5 Å². The summed E-state index contributed by atoms with van der Waals surface area (Å²) in [6.45, 7) is 4.52. The maximum Gasteiger partial charge on any atom is 0.262 e. The number of carbonyl (C=O) groups is 1. The van der Waals surface area contributed by atoms with Crippen molar-refractivity contribution in [1.29, 1.82) is 0 Å². The van der Waals surface area contributed by atoms with Gasteiger partial charge in [-0.05, 0) is 54.2 Å². The molecule has 0 heterocycles. The van der Waals surface area contributed by atoms with Crippen LogP contribution >= 0.6 is 12.2 Å². The van der Waals surface area contributed by atoms with Crippen LogP contribution in [0, 0.1) is 11.8 Å². The summed E-state index contributed by atoms with van der Waals surface area (Å²) in [6, 6.07) is 5.75. The average molecular weight is 392 g/mol. The molecule has 6 nitrogen and oxygen atoms in total. The molecular weight excluding hydrogens is 362 g/mol. The Bertz CT molecular complexity index is 671. The molecule has 2 rings (SSSR count). The number of nitrogens with one attached hydrogen (secondary N) is 3. The predicted molar refractivity (Wildman–Crippen MR) is 112 cm³/mol. The molecule has 1 aliphatic carbocycles. The number of carbonyl (C=O) groups excluding carboxylic acids is 1. The highest BCUT2D eigenvalue weighted by atomic mass is 32.1. The summed E-state index contributed by atoms with van der Waals surface area (Å²) < 4.78 is 10.4. The fourth-order valence-corrected chi connectivity index (χ4v) is 3.45. The Balaban J connectivity index is 1.83. The Kier molecular flexibility index (Phi) is 7.91. The molecule has 0 bridgehead atoms. The van der Waals surface area contributed by atoms with Crippen LogP contribution in [-0.2, 0) is 4.79 Å². The Morgan fingerprint density at radius 1 is 1.11 bits per heavy atom. The first kappa shape index (κ1) is 21.0. The third-order valence-electron chi connectivity index (χ3n) is 5.12. The zero-order valence-corrected chi connectivity index (χ0v) is 17.2. The van der Waals surface area contributed by atoms with Gasteiger partial charge in [0.05, 0.1) is 14.2 Å². The van der Waals surface area contributed by atoms with Crippen LogP contribution in [0.1, 0.15) is 38.7 Å². The van der Waals surface area contributed by atoms with Crippen LogP contribution in [0.15, 0.2) is 24.3 Å². The highest BCUT2D eigenvalue weighted by molar-refractivity contribution is 7.80. The number of thiocarbonyl (C=S) groups is 1. The minimum absolute atomic E-state index is 0.300. The van der Waals surface area contributed by atoms with Gasteiger partial charge < -0.3 is 14.8 Å². The number of rotatable bonds is 5. The smallest absolute Gasteiger partial charge is 0.262 e. The van der Waals surface area contributed by atoms with E-state index >= 15 is 0 Å². The van der Waals surface area contributed by atoms with Crippen LogP contribution in [-0.4, -0.2) is 31.3 Å². The molecule has 148 valence electrons. The van der Waals surface area contributed by atoms with Crippen molar-refractivity contribution in [1.82, 2.24) is 16.2 Å². The fourth-order valence-electron chi connectivity index (χ4n) is 3.25. The molecule has 1 fully saturated rings. The van der Waals surface area contributed by atoms with Crippen molar-refractivity contribution in [2.45, 2.75) is 39.2 Å². The molecule has 0 spiro atoms. The second-order valence-corrected chi connectivity index (χ2v) is 7.35. The molecule has 27 heavy (non-hydrogen) atoms. The van der Waals surface area contributed by atoms with Crippen LogP contribution in [0.4, 0.5) is 0 Å². The number of methoxy groups -OCH3 is 2. The summed E-state index contributed by atoms with van der Waals surface area (Å²) in [4.78, 5) is 12.0. The van der Waals surface area contributed by atoms with Crippen LogP contribution in [0.2, 0.25) is 0 Å². The molecular formula is C20H29N3O3S. The van der Waals surface area contributed by atoms with E-state index in [9.17, 15) is 4.79 Å². The van der Waals surface area contributed by atoms with E-state index in [0.29, 0.717) is 34.5 Å². The molecule has 1 aromatic rings. The molecule has 0 saturated heterocycles. The third kappa shape index (κ3) is 6.43. The van der Waals surface area contributed by atoms with Crippen LogP contribution in [0.3, 0.4) is 0 Å². The monoisotopic (exact) mass is 391 g/mol. The van der Waals surface area contributed by atoms with Crippen molar-refractivity contribution in [3.8, 4) is 11.5 Å². The summed E-state index contributed by atoms with van der Waals surface area (Å²) in [5.74, 6) is 2.25. The Morgan fingerprint density at radius 2 is 1.78 bits per heavy atom. The maximum atomic E-state index is 12.0. The van der Waals surface area contributed by atoms with Gasteiger partial charge in [-0.2, -0.15) is 0 Å². The third-order valence-corrected chi connectivity index (χ3v) is 5.34. The van der Waals surface area contributed by atoms with E-state index in [1.807, 2.05) is 12.1 Å². The Labute approximate surface area is 166 Å². The molecule has 3 N–H and O–H groups in total. The van der Waals surface area contributed by atoms with Gasteiger partial charge >= 0.3 is 0 Å². The van der Waals surface area contributed by atoms with Gasteiger partial charge in [0.2, 0.25) is 0 Å². The first-order chi connectivity index (χ1) is 12.9. The van der Waals surface area contributed by atoms with E-state index in [4.69, 9.17) is 21.7 Å². The lowest BCUT2D eigenvalue weighted by molar-refractivity contribution is -0.116. The van der Waals surface area contributed by atoms with E-state index in [1.54, 1.807) is 26.4 Å². The number of hydrogen-bond acceptors (Lipinski definition) is 4. The number of hydrogen-bond donors (Lipinski definition) is 3. The van der Waals surface area contributed by atoms with Gasteiger partial charge in [0, 0.05) is 18.2 Å². The van der Waals surface area contributed by atoms with Crippen LogP contribution < -0.4 is 25.6 Å². The van der Waals surface area contributed by atoms with Crippen molar-refractivity contribution < 1.29 is 14.3 Å². The molecule has 0 aromatic heterocycles. The number of amides is 1. The summed E-state index contributed by atoms with van der Waals surface area (Å²) in [7, 11) is 3.17. The van der Waals surface area contributed by atoms with Gasteiger partial charge in [-0.1, -0.05) is 26.7 Å². The van der Waals surface area contributed by atoms with Crippen molar-refractivity contribution in [2.24, 2.45) is 11.8 Å². The first-order valence-corrected chi connectivity index (χ1v) is 9.61. The summed E-state index contributed by atoms with van der Waals surface area (Å²) in [5.41, 5.74) is 6.15. The lowest BCUT2D eigenvalue weighted by Gasteiger charge is -2.35. The lowest BCUT2D eigenvalue weighted by atomic mass is 9.78. The molecule has 3 atom stereocenters. The molecule has 1 aliphatic rings. The average Bonchev–Trinajstić information content (AvgIpc) is 2.68. The van der Waals surface area contributed by atoms with Gasteiger partial charge in [-0.15, -0.1) is 0 Å². The molecule has 1 amide bonds. The van der Waals surface area contributed by atoms with E-state index in [1.165, 1.54) is 18.9 Å². The number of benzene rings is 1. The van der Waals surface area contributed by atoms with E-state index in [2.05, 4.69) is 30.0 Å². The minimum Gasteiger partial charge on any atom is -0.497 e. The zero-order chi connectivity index (χ0) is 19.8. The van der Waals surface area contributed by atoms with Crippen molar-refractivity contribution >= 4 is 29.3 Å². The summed E-state index contributed by atoms with van der Waals surface area (Å²) in [6.07, 6.45) is 6.67. The van der Waals surface area contributed by atoms with Gasteiger partial charge in [0.15, 0.2) is 5.11 Å². The van der Waals surface area contributed by atoms with Crippen molar-refractivity contribution in [2.75, 3.05) is 14.2 Å². The van der Waals surface area contributed by atoms with Crippen molar-refractivity contribution in [3.63, 3.8) is 0 Å². The molecule has 0 aliphatic heterocycles. The SMILES string of the molecule is COc1cc(/C=C/C(=O)NNC(=S)N[C@@H]2CCC[C@@H](C)[C@H]2C)cc(OC)c1. The molecule has 0 radical (unpaired) electrons.